The van der Waals surface area contributed by atoms with E-state index >= 15 is 0 Å². The fourth-order valence-electron chi connectivity index (χ4n) is 4.30. The van der Waals surface area contributed by atoms with Gasteiger partial charge < -0.3 is 15.0 Å². The van der Waals surface area contributed by atoms with Crippen LogP contribution in [0.1, 0.15) is 44.7 Å². The lowest BCUT2D eigenvalue weighted by atomic mass is 10.1. The lowest BCUT2D eigenvalue weighted by Gasteiger charge is -2.33. The van der Waals surface area contributed by atoms with Crippen LogP contribution in [0.25, 0.3) is 0 Å². The van der Waals surface area contributed by atoms with Gasteiger partial charge >= 0.3 is 0 Å². The molecule has 0 heterocycles. The highest BCUT2D eigenvalue weighted by Crippen LogP contribution is 2.26. The van der Waals surface area contributed by atoms with Crippen molar-refractivity contribution in [1.82, 2.24) is 10.2 Å². The van der Waals surface area contributed by atoms with Crippen LogP contribution in [0, 0.1) is 12.7 Å². The van der Waals surface area contributed by atoms with Gasteiger partial charge in [0.1, 0.15) is 24.2 Å². The molecule has 0 aliphatic rings. The third kappa shape index (κ3) is 8.07. The number of benzene rings is 3. The smallest absolute Gasteiger partial charge is 0.264 e. The van der Waals surface area contributed by atoms with Crippen molar-refractivity contribution in [3.8, 4) is 5.75 Å². The number of halogens is 1. The van der Waals surface area contributed by atoms with Crippen molar-refractivity contribution in [3.05, 3.63) is 89.7 Å². The van der Waals surface area contributed by atoms with Gasteiger partial charge in [0.2, 0.25) is 11.8 Å². The van der Waals surface area contributed by atoms with Crippen LogP contribution in [0.3, 0.4) is 0 Å². The third-order valence-electron chi connectivity index (χ3n) is 6.88. The summed E-state index contributed by atoms with van der Waals surface area (Å²) >= 11 is 0. The molecule has 0 aliphatic carbocycles. The van der Waals surface area contributed by atoms with Crippen LogP contribution in [0.4, 0.5) is 10.1 Å². The summed E-state index contributed by atoms with van der Waals surface area (Å²) < 4.78 is 47.8. The van der Waals surface area contributed by atoms with Crippen LogP contribution in [0.2, 0.25) is 0 Å². The molecule has 41 heavy (non-hydrogen) atoms. The zero-order valence-electron chi connectivity index (χ0n) is 24.1. The summed E-state index contributed by atoms with van der Waals surface area (Å²) in [6.07, 6.45) is 1.01. The van der Waals surface area contributed by atoms with E-state index < -0.39 is 34.3 Å². The van der Waals surface area contributed by atoms with Gasteiger partial charge in [0.25, 0.3) is 10.0 Å². The Balaban J connectivity index is 2.06. The molecular formula is C31H38FN3O5S. The second-order valence-corrected chi connectivity index (χ2v) is 11.8. The van der Waals surface area contributed by atoms with Crippen molar-refractivity contribution in [2.45, 2.75) is 64.1 Å². The Hall–Kier alpha value is -3.92. The molecule has 10 heteroatoms. The van der Waals surface area contributed by atoms with Crippen molar-refractivity contribution in [2.24, 2.45) is 0 Å². The second kappa shape index (κ2) is 14.1. The van der Waals surface area contributed by atoms with Gasteiger partial charge in [0.05, 0.1) is 17.7 Å². The second-order valence-electron chi connectivity index (χ2n) is 9.92. The molecule has 0 fully saturated rings. The van der Waals surface area contributed by atoms with Gasteiger partial charge in [-0.2, -0.15) is 0 Å². The van der Waals surface area contributed by atoms with Crippen LogP contribution >= 0.6 is 0 Å². The molecule has 0 saturated heterocycles. The molecule has 0 bridgehead atoms. The topological polar surface area (TPSA) is 96.0 Å². The lowest BCUT2D eigenvalue weighted by molar-refractivity contribution is -0.140. The number of carbonyl (C=O) groups is 2. The van der Waals surface area contributed by atoms with Crippen molar-refractivity contribution in [1.29, 1.82) is 0 Å². The summed E-state index contributed by atoms with van der Waals surface area (Å²) in [4.78, 5) is 28.8. The van der Waals surface area contributed by atoms with Gasteiger partial charge in [0, 0.05) is 12.6 Å². The minimum absolute atomic E-state index is 0.0128. The van der Waals surface area contributed by atoms with Crippen LogP contribution in [0.5, 0.6) is 5.75 Å². The van der Waals surface area contributed by atoms with E-state index in [9.17, 15) is 22.4 Å². The van der Waals surface area contributed by atoms with Crippen LogP contribution in [0.15, 0.2) is 77.7 Å². The number of hydrogen-bond donors (Lipinski definition) is 1. The summed E-state index contributed by atoms with van der Waals surface area (Å²) in [5.74, 6) is -0.867. The number of aryl methyl sites for hydroxylation is 1. The SMILES string of the molecule is CC[C@H](C(=O)N[C@@H](C)CC)N(Cc1cccc(OC)c1)C(=O)CN(c1ccc(F)cc1)S(=O)(=O)c1ccc(C)cc1. The summed E-state index contributed by atoms with van der Waals surface area (Å²) in [5, 5.41) is 2.95. The molecule has 0 unspecified atom stereocenters. The number of carbonyl (C=O) groups excluding carboxylic acids is 2. The van der Waals surface area contributed by atoms with Crippen molar-refractivity contribution >= 4 is 27.5 Å². The van der Waals surface area contributed by atoms with E-state index in [1.807, 2.05) is 26.8 Å². The minimum atomic E-state index is -4.23. The highest BCUT2D eigenvalue weighted by molar-refractivity contribution is 7.92. The molecule has 0 spiro atoms. The normalized spacial score (nSPS) is 12.7. The van der Waals surface area contributed by atoms with Gasteiger partial charge in [0.15, 0.2) is 0 Å². The summed E-state index contributed by atoms with van der Waals surface area (Å²) in [6, 6.07) is 17.3. The number of methoxy groups -OCH3 is 1. The van der Waals surface area contributed by atoms with Crippen LogP contribution in [-0.4, -0.2) is 50.9 Å². The fraction of sp³-hybridized carbons (Fsp3) is 0.355. The van der Waals surface area contributed by atoms with Gasteiger partial charge in [-0.15, -0.1) is 0 Å². The third-order valence-corrected chi connectivity index (χ3v) is 8.66. The van der Waals surface area contributed by atoms with E-state index in [0.717, 1.165) is 22.0 Å². The number of anilines is 1. The van der Waals surface area contributed by atoms with Crippen LogP contribution < -0.4 is 14.4 Å². The molecule has 3 aromatic carbocycles. The average Bonchev–Trinajstić information content (AvgIpc) is 2.96. The molecule has 0 saturated carbocycles. The van der Waals surface area contributed by atoms with E-state index in [2.05, 4.69) is 5.32 Å². The van der Waals surface area contributed by atoms with Gasteiger partial charge in [-0.1, -0.05) is 43.7 Å². The van der Waals surface area contributed by atoms with Crippen molar-refractivity contribution in [2.75, 3.05) is 18.0 Å². The first-order valence-corrected chi connectivity index (χ1v) is 15.0. The Morgan fingerprint density at radius 2 is 1.63 bits per heavy atom. The van der Waals surface area contributed by atoms with E-state index in [-0.39, 0.29) is 29.1 Å². The number of ether oxygens (including phenoxy) is 1. The van der Waals surface area contributed by atoms with Crippen LogP contribution in [-0.2, 0) is 26.2 Å². The Kier molecular flexibility index (Phi) is 10.9. The molecule has 2 amide bonds. The molecule has 220 valence electrons. The van der Waals surface area contributed by atoms with Gasteiger partial charge in [-0.25, -0.2) is 12.8 Å². The Bertz CT molecular complexity index is 1430. The van der Waals surface area contributed by atoms with Crippen molar-refractivity contribution < 1.29 is 27.1 Å². The highest BCUT2D eigenvalue weighted by atomic mass is 32.2. The predicted octanol–water partition coefficient (Wildman–Crippen LogP) is 5.06. The molecule has 0 radical (unpaired) electrons. The molecule has 1 N–H and O–H groups in total. The molecule has 0 aromatic heterocycles. The quantitative estimate of drug-likeness (QED) is 0.304. The van der Waals surface area contributed by atoms with E-state index in [1.54, 1.807) is 37.3 Å². The Labute approximate surface area is 242 Å². The number of sulfonamides is 1. The number of nitrogens with zero attached hydrogens (tertiary/aromatic N) is 2. The number of amides is 2. The maximum Gasteiger partial charge on any atom is 0.264 e. The summed E-state index contributed by atoms with van der Waals surface area (Å²) in [6.45, 7) is 6.91. The standard InChI is InChI=1S/C31H38FN3O5S/c1-6-23(4)33-31(37)29(7-2)34(20-24-9-8-10-27(19-24)40-5)30(36)21-35(26-15-13-25(32)14-16-26)41(38,39)28-17-11-22(3)12-18-28/h8-19,23,29H,6-7,20-21H2,1-5H3,(H,33,37)/t23-,29+/m0/s1. The molecule has 3 aromatic rings. The van der Waals surface area contributed by atoms with E-state index in [1.165, 1.54) is 36.3 Å². The Morgan fingerprint density at radius 3 is 2.22 bits per heavy atom. The largest absolute Gasteiger partial charge is 0.497 e. The first-order valence-electron chi connectivity index (χ1n) is 13.6. The zero-order chi connectivity index (χ0) is 30.2. The van der Waals surface area contributed by atoms with Gasteiger partial charge in [-0.3, -0.25) is 13.9 Å². The predicted molar refractivity (Wildman–Crippen MR) is 158 cm³/mol. The van der Waals surface area contributed by atoms with E-state index in [4.69, 9.17) is 4.74 Å². The minimum Gasteiger partial charge on any atom is -0.497 e. The average molecular weight is 584 g/mol. The highest BCUT2D eigenvalue weighted by Gasteiger charge is 2.34. The molecular weight excluding hydrogens is 545 g/mol. The number of rotatable bonds is 13. The summed E-state index contributed by atoms with van der Waals surface area (Å²) in [7, 11) is -2.69. The summed E-state index contributed by atoms with van der Waals surface area (Å²) in [5.41, 5.74) is 1.71. The maximum atomic E-state index is 14.1. The monoisotopic (exact) mass is 583 g/mol. The molecule has 3 rings (SSSR count). The first kappa shape index (κ1) is 31.6. The fourth-order valence-corrected chi connectivity index (χ4v) is 5.72. The van der Waals surface area contributed by atoms with Crippen molar-refractivity contribution in [3.63, 3.8) is 0 Å². The Morgan fingerprint density at radius 1 is 0.976 bits per heavy atom. The molecule has 0 aliphatic heterocycles. The first-order chi connectivity index (χ1) is 19.5. The molecule has 8 nitrogen and oxygen atoms in total. The number of nitrogens with one attached hydrogen (secondary N) is 1. The van der Waals surface area contributed by atoms with E-state index in [0.29, 0.717) is 24.2 Å². The number of hydrogen-bond acceptors (Lipinski definition) is 5. The zero-order valence-corrected chi connectivity index (χ0v) is 24.9. The maximum absolute atomic E-state index is 14.1. The van der Waals surface area contributed by atoms with Gasteiger partial charge in [-0.05, 0) is 80.8 Å². The lowest BCUT2D eigenvalue weighted by Crippen LogP contribution is -2.53. The molecule has 2 atom stereocenters.